The molecule has 0 fully saturated rings. The zero-order chi connectivity index (χ0) is 21.2. The molecule has 3 rings (SSSR count). The number of nitrogens with one attached hydrogen (secondary N) is 1. The van der Waals surface area contributed by atoms with E-state index in [1.807, 2.05) is 24.3 Å². The van der Waals surface area contributed by atoms with Gasteiger partial charge in [0.2, 0.25) is 0 Å². The van der Waals surface area contributed by atoms with Crippen LogP contribution in [0.1, 0.15) is 67.9 Å². The Balaban J connectivity index is 1.85. The Bertz CT molecular complexity index is 942. The SMILES string of the molecule is CCCN1c2cc(Cl)c(/C=N\NC(=O)c3ccccc3Br)cc2C(C)CC1(C)C. The highest BCUT2D eigenvalue weighted by molar-refractivity contribution is 9.10. The van der Waals surface area contributed by atoms with Crippen LogP contribution in [0.3, 0.4) is 0 Å². The van der Waals surface area contributed by atoms with Gasteiger partial charge in [-0.25, -0.2) is 5.43 Å². The second kappa shape index (κ2) is 8.88. The molecule has 1 atom stereocenters. The Morgan fingerprint density at radius 3 is 2.79 bits per heavy atom. The first-order valence-corrected chi connectivity index (χ1v) is 11.1. The fraction of sp³-hybridized carbons (Fsp3) is 0.391. The first-order chi connectivity index (χ1) is 13.7. The third kappa shape index (κ3) is 4.67. The molecular weight excluding hydrogens is 450 g/mol. The van der Waals surface area contributed by atoms with Crippen LogP contribution in [-0.4, -0.2) is 24.2 Å². The van der Waals surface area contributed by atoms with Crippen molar-refractivity contribution in [2.45, 2.75) is 52.0 Å². The van der Waals surface area contributed by atoms with Crippen molar-refractivity contribution >= 4 is 45.3 Å². The number of fused-ring (bicyclic) bond motifs is 1. The summed E-state index contributed by atoms with van der Waals surface area (Å²) in [6.07, 6.45) is 3.78. The fourth-order valence-electron chi connectivity index (χ4n) is 4.13. The van der Waals surface area contributed by atoms with Crippen LogP contribution in [0.25, 0.3) is 0 Å². The number of rotatable bonds is 5. The highest BCUT2D eigenvalue weighted by atomic mass is 79.9. The van der Waals surface area contributed by atoms with Gasteiger partial charge < -0.3 is 4.90 Å². The predicted octanol–water partition coefficient (Wildman–Crippen LogP) is 6.37. The Morgan fingerprint density at radius 2 is 2.10 bits per heavy atom. The van der Waals surface area contributed by atoms with Crippen LogP contribution in [-0.2, 0) is 0 Å². The van der Waals surface area contributed by atoms with E-state index in [9.17, 15) is 4.79 Å². The summed E-state index contributed by atoms with van der Waals surface area (Å²) >= 11 is 9.97. The maximum absolute atomic E-state index is 12.3. The molecule has 4 nitrogen and oxygen atoms in total. The molecule has 1 unspecified atom stereocenters. The Labute approximate surface area is 186 Å². The van der Waals surface area contributed by atoms with Crippen LogP contribution in [0.15, 0.2) is 46.0 Å². The third-order valence-electron chi connectivity index (χ3n) is 5.44. The van der Waals surface area contributed by atoms with Crippen LogP contribution in [0.2, 0.25) is 5.02 Å². The van der Waals surface area contributed by atoms with E-state index in [1.54, 1.807) is 12.3 Å². The average Bonchev–Trinajstić information content (AvgIpc) is 2.66. The molecule has 1 aliphatic heterocycles. The van der Waals surface area contributed by atoms with E-state index in [2.05, 4.69) is 65.1 Å². The highest BCUT2D eigenvalue weighted by Crippen LogP contribution is 2.45. The predicted molar refractivity (Wildman–Crippen MR) is 125 cm³/mol. The van der Waals surface area contributed by atoms with Gasteiger partial charge in [-0.05, 0) is 78.4 Å². The Morgan fingerprint density at radius 1 is 1.38 bits per heavy atom. The number of carbonyl (C=O) groups excluding carboxylic acids is 1. The molecule has 0 radical (unpaired) electrons. The summed E-state index contributed by atoms with van der Waals surface area (Å²) in [6.45, 7) is 10.0. The molecule has 0 aromatic heterocycles. The van der Waals surface area contributed by atoms with Gasteiger partial charge in [0.15, 0.2) is 0 Å². The summed E-state index contributed by atoms with van der Waals surface area (Å²) in [6, 6.07) is 11.4. The minimum Gasteiger partial charge on any atom is -0.366 e. The number of hydrazone groups is 1. The van der Waals surface area contributed by atoms with Crippen LogP contribution < -0.4 is 10.3 Å². The van der Waals surface area contributed by atoms with Crippen LogP contribution >= 0.6 is 27.5 Å². The van der Waals surface area contributed by atoms with Crippen molar-refractivity contribution in [3.05, 3.63) is 62.6 Å². The lowest BCUT2D eigenvalue weighted by molar-refractivity contribution is 0.0954. The van der Waals surface area contributed by atoms with Gasteiger partial charge in [0.25, 0.3) is 5.91 Å². The molecule has 0 saturated heterocycles. The lowest BCUT2D eigenvalue weighted by atomic mass is 9.79. The number of hydrogen-bond acceptors (Lipinski definition) is 3. The Kier molecular flexibility index (Phi) is 6.69. The van der Waals surface area contributed by atoms with Gasteiger partial charge in [-0.1, -0.05) is 37.6 Å². The molecule has 154 valence electrons. The molecule has 1 aliphatic rings. The summed E-state index contributed by atoms with van der Waals surface area (Å²) < 4.78 is 0.729. The van der Waals surface area contributed by atoms with E-state index in [4.69, 9.17) is 11.6 Å². The van der Waals surface area contributed by atoms with Gasteiger partial charge in [-0.2, -0.15) is 5.10 Å². The smallest absolute Gasteiger partial charge is 0.272 e. The molecule has 0 aliphatic carbocycles. The standard InChI is InChI=1S/C23H27BrClN3O/c1-5-10-28-21-12-20(25)16(11-18(21)15(2)13-23(28,3)4)14-26-27-22(29)17-8-6-7-9-19(17)24/h6-9,11-12,14-15H,5,10,13H2,1-4H3,(H,27,29)/b26-14-. The largest absolute Gasteiger partial charge is 0.366 e. The second-order valence-corrected chi connectivity index (χ2v) is 9.44. The van der Waals surface area contributed by atoms with Crippen molar-refractivity contribution < 1.29 is 4.79 Å². The van der Waals surface area contributed by atoms with E-state index in [0.29, 0.717) is 16.5 Å². The first-order valence-electron chi connectivity index (χ1n) is 9.93. The number of amides is 1. The number of nitrogens with zero attached hydrogens (tertiary/aromatic N) is 2. The number of hydrogen-bond donors (Lipinski definition) is 1. The normalized spacial score (nSPS) is 18.0. The van der Waals surface area contributed by atoms with Crippen molar-refractivity contribution in [2.24, 2.45) is 5.10 Å². The van der Waals surface area contributed by atoms with Gasteiger partial charge in [0.1, 0.15) is 0 Å². The van der Waals surface area contributed by atoms with E-state index in [0.717, 1.165) is 29.4 Å². The van der Waals surface area contributed by atoms with Gasteiger partial charge in [0.05, 0.1) is 16.8 Å². The Hall–Kier alpha value is -1.85. The molecular formula is C23H27BrClN3O. The number of anilines is 1. The van der Waals surface area contributed by atoms with Gasteiger partial charge >= 0.3 is 0 Å². The summed E-state index contributed by atoms with van der Waals surface area (Å²) in [5.74, 6) is 0.152. The molecule has 0 spiro atoms. The van der Waals surface area contributed by atoms with Crippen molar-refractivity contribution in [3.63, 3.8) is 0 Å². The molecule has 0 saturated carbocycles. The number of carbonyl (C=O) groups is 1. The van der Waals surface area contributed by atoms with Crippen molar-refractivity contribution in [1.29, 1.82) is 0 Å². The monoisotopic (exact) mass is 475 g/mol. The summed E-state index contributed by atoms with van der Waals surface area (Å²) in [5.41, 5.74) is 6.50. The summed E-state index contributed by atoms with van der Waals surface area (Å²) in [7, 11) is 0. The molecule has 0 bridgehead atoms. The van der Waals surface area contributed by atoms with Crippen LogP contribution in [0, 0.1) is 0 Å². The number of benzene rings is 2. The highest BCUT2D eigenvalue weighted by Gasteiger charge is 2.36. The van der Waals surface area contributed by atoms with E-state index >= 15 is 0 Å². The number of halogens is 2. The van der Waals surface area contributed by atoms with E-state index in [1.165, 1.54) is 11.3 Å². The third-order valence-corrected chi connectivity index (χ3v) is 6.46. The van der Waals surface area contributed by atoms with Crippen molar-refractivity contribution in [3.8, 4) is 0 Å². The van der Waals surface area contributed by atoms with Gasteiger partial charge in [-0.15, -0.1) is 0 Å². The molecule has 1 amide bonds. The lowest BCUT2D eigenvalue weighted by Gasteiger charge is -2.47. The zero-order valence-electron chi connectivity index (χ0n) is 17.3. The van der Waals surface area contributed by atoms with Crippen LogP contribution in [0.5, 0.6) is 0 Å². The molecule has 6 heteroatoms. The van der Waals surface area contributed by atoms with Crippen molar-refractivity contribution in [1.82, 2.24) is 5.43 Å². The molecule has 2 aromatic rings. The second-order valence-electron chi connectivity index (χ2n) is 8.18. The lowest BCUT2D eigenvalue weighted by Crippen LogP contribution is -2.48. The molecule has 2 aromatic carbocycles. The van der Waals surface area contributed by atoms with E-state index in [-0.39, 0.29) is 11.4 Å². The van der Waals surface area contributed by atoms with E-state index < -0.39 is 0 Å². The van der Waals surface area contributed by atoms with Crippen molar-refractivity contribution in [2.75, 3.05) is 11.4 Å². The first kappa shape index (κ1) is 21.8. The minimum atomic E-state index is -0.271. The summed E-state index contributed by atoms with van der Waals surface area (Å²) in [5, 5.41) is 4.77. The van der Waals surface area contributed by atoms with Gasteiger partial charge in [-0.3, -0.25) is 4.79 Å². The molecule has 29 heavy (non-hydrogen) atoms. The quantitative estimate of drug-likeness (QED) is 0.402. The maximum Gasteiger partial charge on any atom is 0.272 e. The zero-order valence-corrected chi connectivity index (χ0v) is 19.6. The average molecular weight is 477 g/mol. The minimum absolute atomic E-state index is 0.0956. The maximum atomic E-state index is 12.3. The fourth-order valence-corrected chi connectivity index (χ4v) is 4.80. The van der Waals surface area contributed by atoms with Gasteiger partial charge in [0, 0.05) is 27.8 Å². The summed E-state index contributed by atoms with van der Waals surface area (Å²) in [4.78, 5) is 14.8. The topological polar surface area (TPSA) is 44.7 Å². The molecule has 1 N–H and O–H groups in total. The molecule has 1 heterocycles. The van der Waals surface area contributed by atoms with Crippen LogP contribution in [0.4, 0.5) is 5.69 Å².